The van der Waals surface area contributed by atoms with E-state index in [1.165, 1.54) is 0 Å². The first kappa shape index (κ1) is 18.3. The second kappa shape index (κ2) is 7.84. The van der Waals surface area contributed by atoms with E-state index in [1.807, 2.05) is 26.1 Å². The molecule has 1 fully saturated rings. The van der Waals surface area contributed by atoms with Crippen molar-refractivity contribution in [2.45, 2.75) is 32.5 Å². The number of aromatic nitrogens is 3. The standard InChI is InChI=1S/C18H26N6O2/c1-11-7-21-13(12(2)17(11)26-4)8-22-14-9-24(10-15(14)25-3)16-5-6-20-18(19)23-16/h5-7,14-15,22H,8-10H2,1-4H3,(H2,19,20,23)/t14-,15+/m0/s1. The van der Waals surface area contributed by atoms with Crippen LogP contribution in [0.1, 0.15) is 16.8 Å². The fourth-order valence-electron chi connectivity index (χ4n) is 3.41. The van der Waals surface area contributed by atoms with Crippen molar-refractivity contribution in [3.05, 3.63) is 35.3 Å². The Balaban J connectivity index is 1.70. The smallest absolute Gasteiger partial charge is 0.221 e. The van der Waals surface area contributed by atoms with Gasteiger partial charge in [-0.2, -0.15) is 4.98 Å². The molecule has 0 aliphatic carbocycles. The molecule has 1 saturated heterocycles. The molecule has 140 valence electrons. The highest BCUT2D eigenvalue weighted by Gasteiger charge is 2.33. The lowest BCUT2D eigenvalue weighted by atomic mass is 10.1. The van der Waals surface area contributed by atoms with Crippen LogP contribution in [-0.4, -0.2) is 54.4 Å². The van der Waals surface area contributed by atoms with E-state index < -0.39 is 0 Å². The van der Waals surface area contributed by atoms with Crippen molar-refractivity contribution in [2.24, 2.45) is 0 Å². The molecule has 1 aliphatic heterocycles. The first-order valence-electron chi connectivity index (χ1n) is 8.62. The lowest BCUT2D eigenvalue weighted by Gasteiger charge is -2.19. The molecule has 1 aliphatic rings. The van der Waals surface area contributed by atoms with Crippen molar-refractivity contribution >= 4 is 11.8 Å². The largest absolute Gasteiger partial charge is 0.496 e. The van der Waals surface area contributed by atoms with Gasteiger partial charge in [0.1, 0.15) is 11.6 Å². The Labute approximate surface area is 153 Å². The second-order valence-corrected chi connectivity index (χ2v) is 6.49. The zero-order chi connectivity index (χ0) is 18.7. The summed E-state index contributed by atoms with van der Waals surface area (Å²) in [5.74, 6) is 1.99. The lowest BCUT2D eigenvalue weighted by molar-refractivity contribution is 0.0965. The van der Waals surface area contributed by atoms with E-state index >= 15 is 0 Å². The highest BCUT2D eigenvalue weighted by Crippen LogP contribution is 2.25. The minimum Gasteiger partial charge on any atom is -0.496 e. The van der Waals surface area contributed by atoms with E-state index in [2.05, 4.69) is 25.2 Å². The second-order valence-electron chi connectivity index (χ2n) is 6.49. The zero-order valence-electron chi connectivity index (χ0n) is 15.7. The maximum absolute atomic E-state index is 5.70. The van der Waals surface area contributed by atoms with Gasteiger partial charge in [-0.3, -0.25) is 4.98 Å². The van der Waals surface area contributed by atoms with Crippen molar-refractivity contribution in [1.29, 1.82) is 0 Å². The average Bonchev–Trinajstić information content (AvgIpc) is 3.05. The zero-order valence-corrected chi connectivity index (χ0v) is 15.7. The summed E-state index contributed by atoms with van der Waals surface area (Å²) >= 11 is 0. The Bertz CT molecular complexity index is 769. The molecular weight excluding hydrogens is 332 g/mol. The third-order valence-corrected chi connectivity index (χ3v) is 4.83. The normalized spacial score (nSPS) is 19.8. The summed E-state index contributed by atoms with van der Waals surface area (Å²) in [4.78, 5) is 15.0. The number of hydrogen-bond donors (Lipinski definition) is 2. The van der Waals surface area contributed by atoms with E-state index in [1.54, 1.807) is 20.4 Å². The fourth-order valence-corrected chi connectivity index (χ4v) is 3.41. The van der Waals surface area contributed by atoms with Gasteiger partial charge in [0.2, 0.25) is 5.95 Å². The first-order valence-corrected chi connectivity index (χ1v) is 8.62. The van der Waals surface area contributed by atoms with Crippen molar-refractivity contribution in [1.82, 2.24) is 20.3 Å². The minimum absolute atomic E-state index is 0.0545. The van der Waals surface area contributed by atoms with Gasteiger partial charge in [0, 0.05) is 50.3 Å². The number of nitrogens with two attached hydrogens (primary N) is 1. The van der Waals surface area contributed by atoms with E-state index in [9.17, 15) is 0 Å². The van der Waals surface area contributed by atoms with Crippen molar-refractivity contribution in [3.63, 3.8) is 0 Å². The molecule has 0 bridgehead atoms. The molecule has 8 heteroatoms. The predicted octanol–water partition coefficient (Wildman–Crippen LogP) is 1.07. The van der Waals surface area contributed by atoms with Crippen molar-refractivity contribution in [3.8, 4) is 5.75 Å². The number of nitrogens with zero attached hydrogens (tertiary/aromatic N) is 4. The molecule has 0 aromatic carbocycles. The third-order valence-electron chi connectivity index (χ3n) is 4.83. The molecule has 0 saturated carbocycles. The third kappa shape index (κ3) is 3.71. The minimum atomic E-state index is 0.0545. The summed E-state index contributed by atoms with van der Waals surface area (Å²) < 4.78 is 11.2. The Hall–Kier alpha value is -2.45. The van der Waals surface area contributed by atoms with E-state index in [0.29, 0.717) is 6.54 Å². The van der Waals surface area contributed by atoms with Crippen LogP contribution in [0, 0.1) is 13.8 Å². The fraction of sp³-hybridized carbons (Fsp3) is 0.500. The first-order chi connectivity index (χ1) is 12.5. The van der Waals surface area contributed by atoms with Gasteiger partial charge in [0.05, 0.1) is 24.9 Å². The SMILES string of the molecule is COc1c(C)cnc(CN[C@H]2CN(c3ccnc(N)n3)C[C@H]2OC)c1C. The number of anilines is 2. The van der Waals surface area contributed by atoms with Crippen LogP contribution < -0.4 is 20.7 Å². The molecule has 0 spiro atoms. The molecule has 2 aromatic heterocycles. The number of ether oxygens (including phenoxy) is 2. The van der Waals surface area contributed by atoms with Gasteiger partial charge in [-0.05, 0) is 19.9 Å². The molecule has 8 nitrogen and oxygen atoms in total. The van der Waals surface area contributed by atoms with Gasteiger partial charge >= 0.3 is 0 Å². The van der Waals surface area contributed by atoms with E-state index in [4.69, 9.17) is 15.2 Å². The van der Waals surface area contributed by atoms with Crippen LogP contribution in [0.3, 0.4) is 0 Å². The number of nitrogen functional groups attached to an aromatic ring is 1. The Morgan fingerprint density at radius 3 is 2.77 bits per heavy atom. The maximum atomic E-state index is 5.70. The molecule has 0 unspecified atom stereocenters. The van der Waals surface area contributed by atoms with Crippen LogP contribution >= 0.6 is 0 Å². The van der Waals surface area contributed by atoms with Crippen LogP contribution in [0.15, 0.2) is 18.5 Å². The summed E-state index contributed by atoms with van der Waals surface area (Å²) in [6.45, 7) is 6.20. The molecule has 3 rings (SSSR count). The summed E-state index contributed by atoms with van der Waals surface area (Å²) in [5, 5.41) is 3.57. The van der Waals surface area contributed by atoms with Gasteiger partial charge in [-0.15, -0.1) is 0 Å². The maximum Gasteiger partial charge on any atom is 0.221 e. The molecule has 0 radical (unpaired) electrons. The van der Waals surface area contributed by atoms with Crippen molar-refractivity contribution < 1.29 is 9.47 Å². The van der Waals surface area contributed by atoms with Crippen LogP contribution in [0.4, 0.5) is 11.8 Å². The Morgan fingerprint density at radius 1 is 1.27 bits per heavy atom. The molecule has 3 heterocycles. The number of nitrogens with one attached hydrogen (secondary N) is 1. The molecule has 26 heavy (non-hydrogen) atoms. The van der Waals surface area contributed by atoms with Gasteiger partial charge in [0.25, 0.3) is 0 Å². The molecule has 2 atom stereocenters. The number of rotatable bonds is 6. The van der Waals surface area contributed by atoms with Gasteiger partial charge in [-0.1, -0.05) is 0 Å². The van der Waals surface area contributed by atoms with Crippen LogP contribution in [0.25, 0.3) is 0 Å². The molecule has 2 aromatic rings. The summed E-state index contributed by atoms with van der Waals surface area (Å²) in [7, 11) is 3.42. The highest BCUT2D eigenvalue weighted by atomic mass is 16.5. The van der Waals surface area contributed by atoms with E-state index in [-0.39, 0.29) is 18.1 Å². The summed E-state index contributed by atoms with van der Waals surface area (Å²) in [6.07, 6.45) is 3.58. The van der Waals surface area contributed by atoms with Gasteiger partial charge in [0.15, 0.2) is 0 Å². The molecule has 3 N–H and O–H groups in total. The lowest BCUT2D eigenvalue weighted by Crippen LogP contribution is -2.40. The van der Waals surface area contributed by atoms with Crippen LogP contribution in [-0.2, 0) is 11.3 Å². The number of hydrogen-bond acceptors (Lipinski definition) is 8. The van der Waals surface area contributed by atoms with Crippen LogP contribution in [0.2, 0.25) is 0 Å². The molecule has 0 amide bonds. The Morgan fingerprint density at radius 2 is 2.08 bits per heavy atom. The van der Waals surface area contributed by atoms with Crippen LogP contribution in [0.5, 0.6) is 5.75 Å². The predicted molar refractivity (Wildman–Crippen MR) is 100 cm³/mol. The highest BCUT2D eigenvalue weighted by molar-refractivity contribution is 5.43. The summed E-state index contributed by atoms with van der Waals surface area (Å²) in [5.41, 5.74) is 8.78. The monoisotopic (exact) mass is 358 g/mol. The molecular formula is C18H26N6O2. The number of methoxy groups -OCH3 is 2. The van der Waals surface area contributed by atoms with Gasteiger partial charge < -0.3 is 25.4 Å². The Kier molecular flexibility index (Phi) is 5.53. The quantitative estimate of drug-likeness (QED) is 0.791. The summed E-state index contributed by atoms with van der Waals surface area (Å²) in [6, 6.07) is 2.02. The van der Waals surface area contributed by atoms with Gasteiger partial charge in [-0.25, -0.2) is 4.98 Å². The average molecular weight is 358 g/mol. The number of pyridine rings is 1. The number of aryl methyl sites for hydroxylation is 1. The van der Waals surface area contributed by atoms with E-state index in [0.717, 1.165) is 41.5 Å². The van der Waals surface area contributed by atoms with Crippen molar-refractivity contribution in [2.75, 3.05) is 37.9 Å². The topological polar surface area (TPSA) is 98.4 Å².